The summed E-state index contributed by atoms with van der Waals surface area (Å²) < 4.78 is 5.15. The van der Waals surface area contributed by atoms with Gasteiger partial charge in [0.25, 0.3) is 0 Å². The lowest BCUT2D eigenvalue weighted by Gasteiger charge is -2.39. The van der Waals surface area contributed by atoms with E-state index < -0.39 is 0 Å². The van der Waals surface area contributed by atoms with E-state index in [9.17, 15) is 9.90 Å². The maximum Gasteiger partial charge on any atom is 0.219 e. The number of fused-ring (bicyclic) bond motifs is 1. The Morgan fingerprint density at radius 2 is 2.16 bits per heavy atom. The number of methoxy groups -OCH3 is 1. The minimum absolute atomic E-state index is 0.0260. The molecule has 1 aromatic rings. The Labute approximate surface area is 114 Å². The van der Waals surface area contributed by atoms with Crippen LogP contribution in [0.2, 0.25) is 0 Å². The van der Waals surface area contributed by atoms with Gasteiger partial charge in [0, 0.05) is 13.5 Å². The lowest BCUT2D eigenvalue weighted by molar-refractivity contribution is -0.132. The molecule has 1 atom stereocenters. The molecule has 0 bridgehead atoms. The Balaban J connectivity index is 2.51. The number of nitrogens with zero attached hydrogens (tertiary/aromatic N) is 1. The fraction of sp³-hybridized carbons (Fsp3) is 0.533. The number of phenolic OH excluding ortho intramolecular Hbond substituents is 1. The minimum atomic E-state index is 0.0260. The average Bonchev–Trinajstić information content (AvgIpc) is 2.35. The SMILES string of the molecule is COc1cc2c(cc1O)C(C(C)C)N(C(C)=O)CC2. The van der Waals surface area contributed by atoms with Crippen LogP contribution in [0.5, 0.6) is 11.5 Å². The molecule has 0 radical (unpaired) electrons. The first-order chi connectivity index (χ1) is 8.95. The van der Waals surface area contributed by atoms with E-state index >= 15 is 0 Å². The summed E-state index contributed by atoms with van der Waals surface area (Å²) >= 11 is 0. The van der Waals surface area contributed by atoms with Crippen LogP contribution in [-0.2, 0) is 11.2 Å². The molecule has 1 aliphatic heterocycles. The first-order valence-corrected chi connectivity index (χ1v) is 6.62. The number of amides is 1. The number of carbonyl (C=O) groups excluding carboxylic acids is 1. The Morgan fingerprint density at radius 3 is 2.68 bits per heavy atom. The normalized spacial score (nSPS) is 18.4. The van der Waals surface area contributed by atoms with Crippen molar-refractivity contribution in [1.29, 1.82) is 0 Å². The van der Waals surface area contributed by atoms with E-state index in [-0.39, 0.29) is 17.7 Å². The number of hydrogen-bond donors (Lipinski definition) is 1. The molecule has 1 unspecified atom stereocenters. The highest BCUT2D eigenvalue weighted by Gasteiger charge is 2.32. The van der Waals surface area contributed by atoms with Gasteiger partial charge in [0.1, 0.15) is 0 Å². The third kappa shape index (κ3) is 2.39. The van der Waals surface area contributed by atoms with Gasteiger partial charge in [0.05, 0.1) is 13.2 Å². The molecule has 2 rings (SSSR count). The Bertz CT molecular complexity index is 496. The van der Waals surface area contributed by atoms with Gasteiger partial charge in [0.2, 0.25) is 5.91 Å². The van der Waals surface area contributed by atoms with Crippen LogP contribution < -0.4 is 4.74 Å². The van der Waals surface area contributed by atoms with Gasteiger partial charge in [-0.2, -0.15) is 0 Å². The number of aromatic hydroxyl groups is 1. The highest BCUT2D eigenvalue weighted by atomic mass is 16.5. The molecule has 1 amide bonds. The van der Waals surface area contributed by atoms with Crippen molar-refractivity contribution >= 4 is 5.91 Å². The smallest absolute Gasteiger partial charge is 0.219 e. The van der Waals surface area contributed by atoms with Crippen LogP contribution in [-0.4, -0.2) is 29.6 Å². The average molecular weight is 263 g/mol. The van der Waals surface area contributed by atoms with Crippen molar-refractivity contribution in [2.75, 3.05) is 13.7 Å². The van der Waals surface area contributed by atoms with Crippen LogP contribution >= 0.6 is 0 Å². The predicted octanol–water partition coefficient (Wildman–Crippen LogP) is 2.50. The fourth-order valence-electron chi connectivity index (χ4n) is 2.90. The Kier molecular flexibility index (Phi) is 3.69. The van der Waals surface area contributed by atoms with Gasteiger partial charge in [-0.1, -0.05) is 13.8 Å². The van der Waals surface area contributed by atoms with Gasteiger partial charge >= 0.3 is 0 Å². The summed E-state index contributed by atoms with van der Waals surface area (Å²) in [7, 11) is 1.55. The molecule has 0 spiro atoms. The summed E-state index contributed by atoms with van der Waals surface area (Å²) in [6, 6.07) is 3.66. The topological polar surface area (TPSA) is 49.8 Å². The third-order valence-corrected chi connectivity index (χ3v) is 3.75. The van der Waals surface area contributed by atoms with Crippen LogP contribution in [0, 0.1) is 5.92 Å². The zero-order chi connectivity index (χ0) is 14.2. The van der Waals surface area contributed by atoms with Crippen molar-refractivity contribution < 1.29 is 14.6 Å². The van der Waals surface area contributed by atoms with Crippen molar-refractivity contribution in [3.63, 3.8) is 0 Å². The predicted molar refractivity (Wildman–Crippen MR) is 73.3 cm³/mol. The lowest BCUT2D eigenvalue weighted by atomic mass is 9.86. The summed E-state index contributed by atoms with van der Waals surface area (Å²) in [5.74, 6) is 1.02. The largest absolute Gasteiger partial charge is 0.504 e. The van der Waals surface area contributed by atoms with E-state index in [0.29, 0.717) is 11.7 Å². The molecular weight excluding hydrogens is 242 g/mol. The summed E-state index contributed by atoms with van der Waals surface area (Å²) in [4.78, 5) is 13.7. The fourth-order valence-corrected chi connectivity index (χ4v) is 2.90. The quantitative estimate of drug-likeness (QED) is 0.892. The van der Waals surface area contributed by atoms with Gasteiger partial charge in [-0.25, -0.2) is 0 Å². The summed E-state index contributed by atoms with van der Waals surface area (Å²) in [5, 5.41) is 9.96. The molecular formula is C15H21NO3. The molecule has 1 aliphatic rings. The second kappa shape index (κ2) is 5.11. The van der Waals surface area contributed by atoms with Crippen molar-refractivity contribution in [2.45, 2.75) is 33.2 Å². The van der Waals surface area contributed by atoms with Gasteiger partial charge in [-0.3, -0.25) is 4.79 Å². The number of hydrogen-bond acceptors (Lipinski definition) is 3. The van der Waals surface area contributed by atoms with E-state index in [0.717, 1.165) is 24.1 Å². The summed E-state index contributed by atoms with van der Waals surface area (Å²) in [6.07, 6.45) is 0.800. The molecule has 4 heteroatoms. The van der Waals surface area contributed by atoms with E-state index in [1.165, 1.54) is 0 Å². The first-order valence-electron chi connectivity index (χ1n) is 6.62. The molecule has 0 aromatic heterocycles. The molecule has 1 N–H and O–H groups in total. The Hall–Kier alpha value is -1.71. The van der Waals surface area contributed by atoms with Crippen molar-refractivity contribution in [2.24, 2.45) is 5.92 Å². The zero-order valence-corrected chi connectivity index (χ0v) is 11.9. The summed E-state index contributed by atoms with van der Waals surface area (Å²) in [5.41, 5.74) is 2.20. The van der Waals surface area contributed by atoms with Gasteiger partial charge in [-0.15, -0.1) is 0 Å². The third-order valence-electron chi connectivity index (χ3n) is 3.75. The van der Waals surface area contributed by atoms with Crippen LogP contribution in [0.25, 0.3) is 0 Å². The minimum Gasteiger partial charge on any atom is -0.504 e. The van der Waals surface area contributed by atoms with Gasteiger partial charge in [0.15, 0.2) is 11.5 Å². The first kappa shape index (κ1) is 13.7. The zero-order valence-electron chi connectivity index (χ0n) is 11.9. The van der Waals surface area contributed by atoms with Crippen molar-refractivity contribution in [3.05, 3.63) is 23.3 Å². The van der Waals surface area contributed by atoms with E-state index in [4.69, 9.17) is 4.74 Å². The second-order valence-electron chi connectivity index (χ2n) is 5.37. The molecule has 1 aromatic carbocycles. The van der Waals surface area contributed by atoms with Crippen LogP contribution in [0.3, 0.4) is 0 Å². The number of carbonyl (C=O) groups is 1. The lowest BCUT2D eigenvalue weighted by Crippen LogP contribution is -2.41. The maximum atomic E-state index is 11.8. The van der Waals surface area contributed by atoms with Crippen LogP contribution in [0.1, 0.15) is 37.9 Å². The molecule has 19 heavy (non-hydrogen) atoms. The molecule has 4 nitrogen and oxygen atoms in total. The van der Waals surface area contributed by atoms with Gasteiger partial charge in [-0.05, 0) is 35.6 Å². The van der Waals surface area contributed by atoms with Crippen LogP contribution in [0.4, 0.5) is 0 Å². The molecule has 0 aliphatic carbocycles. The molecule has 0 saturated heterocycles. The standard InChI is InChI=1S/C15H21NO3/c1-9(2)15-12-8-13(18)14(19-4)7-11(12)5-6-16(15)10(3)17/h7-9,15,18H,5-6H2,1-4H3. The van der Waals surface area contributed by atoms with E-state index in [1.54, 1.807) is 20.1 Å². The summed E-state index contributed by atoms with van der Waals surface area (Å²) in [6.45, 7) is 6.51. The van der Waals surface area contributed by atoms with Gasteiger partial charge < -0.3 is 14.7 Å². The van der Waals surface area contributed by atoms with E-state index in [1.807, 2.05) is 11.0 Å². The van der Waals surface area contributed by atoms with Crippen molar-refractivity contribution in [1.82, 2.24) is 4.90 Å². The van der Waals surface area contributed by atoms with Crippen LogP contribution in [0.15, 0.2) is 12.1 Å². The monoisotopic (exact) mass is 263 g/mol. The number of phenols is 1. The number of benzene rings is 1. The van der Waals surface area contributed by atoms with Crippen molar-refractivity contribution in [3.8, 4) is 11.5 Å². The molecule has 1 heterocycles. The number of ether oxygens (including phenoxy) is 1. The molecule has 0 fully saturated rings. The van der Waals surface area contributed by atoms with E-state index in [2.05, 4.69) is 13.8 Å². The molecule has 104 valence electrons. The highest BCUT2D eigenvalue weighted by Crippen LogP contribution is 2.40. The Morgan fingerprint density at radius 1 is 1.47 bits per heavy atom. The number of rotatable bonds is 2. The maximum absolute atomic E-state index is 11.8. The highest BCUT2D eigenvalue weighted by molar-refractivity contribution is 5.74. The second-order valence-corrected chi connectivity index (χ2v) is 5.37. The molecule has 0 saturated carbocycles.